The Morgan fingerprint density at radius 2 is 2.06 bits per heavy atom. The molecule has 1 saturated carbocycles. The van der Waals surface area contributed by atoms with Crippen molar-refractivity contribution in [2.24, 2.45) is 5.92 Å². The molecule has 1 fully saturated rings. The lowest BCUT2D eigenvalue weighted by Gasteiger charge is -2.29. The van der Waals surface area contributed by atoms with E-state index in [0.29, 0.717) is 6.04 Å². The highest BCUT2D eigenvalue weighted by molar-refractivity contribution is 7.71. The number of aromatic nitrogens is 3. The predicted octanol–water partition coefficient (Wildman–Crippen LogP) is 3.78. The maximum atomic E-state index is 5.28. The fourth-order valence-corrected chi connectivity index (χ4v) is 3.24. The van der Waals surface area contributed by atoms with Crippen LogP contribution in [0.15, 0.2) is 0 Å². The molecule has 0 bridgehead atoms. The minimum absolute atomic E-state index is 0.583. The van der Waals surface area contributed by atoms with Crippen molar-refractivity contribution >= 4 is 12.2 Å². The molecule has 0 aliphatic heterocycles. The lowest BCUT2D eigenvalue weighted by Crippen LogP contribution is -2.19. The van der Waals surface area contributed by atoms with Gasteiger partial charge in [-0.15, -0.1) is 0 Å². The summed E-state index contributed by atoms with van der Waals surface area (Å²) in [5, 5.41) is 7.08. The number of hydrogen-bond donors (Lipinski definition) is 1. The molecule has 1 aromatic heterocycles. The Morgan fingerprint density at radius 3 is 2.56 bits per heavy atom. The Labute approximate surface area is 102 Å². The Bertz CT molecular complexity index is 385. The van der Waals surface area contributed by atoms with Crippen LogP contribution in [0.1, 0.15) is 57.3 Å². The molecule has 0 radical (unpaired) electrons. The van der Waals surface area contributed by atoms with Crippen molar-refractivity contribution in [1.82, 2.24) is 14.8 Å². The van der Waals surface area contributed by atoms with E-state index in [1.54, 1.807) is 0 Å². The van der Waals surface area contributed by atoms with E-state index >= 15 is 0 Å². The standard InChI is InChI=1S/C12H21N3S/c1-3-4-10-5-7-11(8-6-10)15-9(2)13-14-12(15)16/h10-11H,3-8H2,1-2H3,(H,14,16). The fraction of sp³-hybridized carbons (Fsp3) is 0.833. The van der Waals surface area contributed by atoms with Crippen LogP contribution < -0.4 is 0 Å². The van der Waals surface area contributed by atoms with E-state index < -0.39 is 0 Å². The van der Waals surface area contributed by atoms with Crippen LogP contribution in [0.4, 0.5) is 0 Å². The number of nitrogens with zero attached hydrogens (tertiary/aromatic N) is 2. The van der Waals surface area contributed by atoms with Crippen molar-refractivity contribution in [2.75, 3.05) is 0 Å². The summed E-state index contributed by atoms with van der Waals surface area (Å²) < 4.78 is 2.99. The average molecular weight is 239 g/mol. The molecule has 0 saturated heterocycles. The maximum Gasteiger partial charge on any atom is 0.195 e. The van der Waals surface area contributed by atoms with Gasteiger partial charge in [-0.05, 0) is 50.7 Å². The Morgan fingerprint density at radius 1 is 1.38 bits per heavy atom. The number of hydrogen-bond acceptors (Lipinski definition) is 2. The molecule has 0 atom stereocenters. The highest BCUT2D eigenvalue weighted by atomic mass is 32.1. The van der Waals surface area contributed by atoms with Crippen molar-refractivity contribution in [3.63, 3.8) is 0 Å². The molecular formula is C12H21N3S. The third kappa shape index (κ3) is 2.37. The number of nitrogens with one attached hydrogen (secondary N) is 1. The first-order valence-corrected chi connectivity index (χ1v) is 6.76. The molecule has 0 aromatic carbocycles. The van der Waals surface area contributed by atoms with E-state index in [4.69, 9.17) is 12.2 Å². The highest BCUT2D eigenvalue weighted by Gasteiger charge is 2.23. The second kappa shape index (κ2) is 5.13. The van der Waals surface area contributed by atoms with Crippen LogP contribution in [-0.2, 0) is 0 Å². The molecule has 1 aliphatic rings. The van der Waals surface area contributed by atoms with Crippen LogP contribution in [-0.4, -0.2) is 14.8 Å². The van der Waals surface area contributed by atoms with Crippen LogP contribution in [0.2, 0.25) is 0 Å². The minimum atomic E-state index is 0.583. The molecule has 3 nitrogen and oxygen atoms in total. The first-order valence-electron chi connectivity index (χ1n) is 6.36. The first-order chi connectivity index (χ1) is 7.72. The van der Waals surface area contributed by atoms with E-state index in [9.17, 15) is 0 Å². The Balaban J connectivity index is 2.02. The molecule has 1 aromatic rings. The molecule has 2 rings (SSSR count). The van der Waals surface area contributed by atoms with E-state index in [-0.39, 0.29) is 0 Å². The van der Waals surface area contributed by atoms with Gasteiger partial charge in [-0.25, -0.2) is 0 Å². The summed E-state index contributed by atoms with van der Waals surface area (Å²) in [5.41, 5.74) is 0. The fourth-order valence-electron chi connectivity index (χ4n) is 2.91. The Hall–Kier alpha value is -0.640. The normalized spacial score (nSPS) is 25.9. The lowest BCUT2D eigenvalue weighted by molar-refractivity contribution is 0.259. The lowest BCUT2D eigenvalue weighted by atomic mass is 9.83. The van der Waals surface area contributed by atoms with Gasteiger partial charge in [-0.1, -0.05) is 19.8 Å². The molecule has 1 heterocycles. The highest BCUT2D eigenvalue weighted by Crippen LogP contribution is 2.34. The minimum Gasteiger partial charge on any atom is -0.301 e. The van der Waals surface area contributed by atoms with Gasteiger partial charge in [0.2, 0.25) is 0 Å². The molecule has 16 heavy (non-hydrogen) atoms. The first kappa shape index (κ1) is 11.8. The molecule has 0 spiro atoms. The Kier molecular flexibility index (Phi) is 3.79. The third-order valence-electron chi connectivity index (χ3n) is 3.76. The number of rotatable bonds is 3. The topological polar surface area (TPSA) is 33.6 Å². The molecule has 90 valence electrons. The molecule has 4 heteroatoms. The molecule has 0 amide bonds. The SMILES string of the molecule is CCCC1CCC(n2c(C)n[nH]c2=S)CC1. The van der Waals surface area contributed by atoms with Gasteiger partial charge in [0.15, 0.2) is 4.77 Å². The second-order valence-electron chi connectivity index (χ2n) is 4.91. The summed E-state index contributed by atoms with van der Waals surface area (Å²) in [6, 6.07) is 0.583. The van der Waals surface area contributed by atoms with Crippen LogP contribution in [0, 0.1) is 17.6 Å². The smallest absolute Gasteiger partial charge is 0.195 e. The predicted molar refractivity (Wildman–Crippen MR) is 68.1 cm³/mol. The van der Waals surface area contributed by atoms with Crippen molar-refractivity contribution in [1.29, 1.82) is 0 Å². The monoisotopic (exact) mass is 239 g/mol. The van der Waals surface area contributed by atoms with Gasteiger partial charge in [-0.3, -0.25) is 5.10 Å². The van der Waals surface area contributed by atoms with Gasteiger partial charge in [0, 0.05) is 6.04 Å². The van der Waals surface area contributed by atoms with E-state index in [2.05, 4.69) is 21.7 Å². The van der Waals surface area contributed by atoms with E-state index in [1.807, 2.05) is 6.92 Å². The van der Waals surface area contributed by atoms with Crippen molar-refractivity contribution in [3.05, 3.63) is 10.6 Å². The van der Waals surface area contributed by atoms with Gasteiger partial charge in [0.05, 0.1) is 0 Å². The summed E-state index contributed by atoms with van der Waals surface area (Å²) in [6.45, 7) is 4.31. The van der Waals surface area contributed by atoms with Gasteiger partial charge in [0.25, 0.3) is 0 Å². The van der Waals surface area contributed by atoms with Crippen molar-refractivity contribution in [3.8, 4) is 0 Å². The molecule has 1 N–H and O–H groups in total. The average Bonchev–Trinajstić information content (AvgIpc) is 2.61. The van der Waals surface area contributed by atoms with Gasteiger partial charge >= 0.3 is 0 Å². The van der Waals surface area contributed by atoms with Gasteiger partial charge in [0.1, 0.15) is 5.82 Å². The summed E-state index contributed by atoms with van der Waals surface area (Å²) in [6.07, 6.45) is 7.94. The summed E-state index contributed by atoms with van der Waals surface area (Å²) in [4.78, 5) is 0. The maximum absolute atomic E-state index is 5.28. The van der Waals surface area contributed by atoms with Crippen molar-refractivity contribution < 1.29 is 0 Å². The van der Waals surface area contributed by atoms with Crippen LogP contribution in [0.3, 0.4) is 0 Å². The van der Waals surface area contributed by atoms with Crippen molar-refractivity contribution in [2.45, 2.75) is 58.4 Å². The second-order valence-corrected chi connectivity index (χ2v) is 5.30. The molecule has 1 aliphatic carbocycles. The zero-order chi connectivity index (χ0) is 11.5. The van der Waals surface area contributed by atoms with E-state index in [0.717, 1.165) is 16.5 Å². The van der Waals surface area contributed by atoms with Crippen LogP contribution in [0.25, 0.3) is 0 Å². The molecular weight excluding hydrogens is 218 g/mol. The van der Waals surface area contributed by atoms with Crippen LogP contribution in [0.5, 0.6) is 0 Å². The van der Waals surface area contributed by atoms with E-state index in [1.165, 1.54) is 38.5 Å². The zero-order valence-corrected chi connectivity index (χ0v) is 11.0. The summed E-state index contributed by atoms with van der Waals surface area (Å²) in [7, 11) is 0. The number of H-pyrrole nitrogens is 1. The summed E-state index contributed by atoms with van der Waals surface area (Å²) >= 11 is 5.28. The largest absolute Gasteiger partial charge is 0.301 e. The number of aromatic amines is 1. The third-order valence-corrected chi connectivity index (χ3v) is 4.05. The summed E-state index contributed by atoms with van der Waals surface area (Å²) in [5.74, 6) is 1.98. The van der Waals surface area contributed by atoms with Gasteiger partial charge in [-0.2, -0.15) is 5.10 Å². The molecule has 0 unspecified atom stereocenters. The van der Waals surface area contributed by atoms with Gasteiger partial charge < -0.3 is 4.57 Å². The zero-order valence-electron chi connectivity index (χ0n) is 10.2. The number of aryl methyl sites for hydroxylation is 1. The van der Waals surface area contributed by atoms with Crippen LogP contribution >= 0.6 is 12.2 Å². The quantitative estimate of drug-likeness (QED) is 0.814.